The molecule has 2 aromatic heterocycles. The van der Waals surface area contributed by atoms with Crippen molar-refractivity contribution in [2.45, 2.75) is 44.6 Å². The first-order valence-electron chi connectivity index (χ1n) is 12.9. The third-order valence-electron chi connectivity index (χ3n) is 6.73. The van der Waals surface area contributed by atoms with Gasteiger partial charge in [0.2, 0.25) is 0 Å². The fourth-order valence-corrected chi connectivity index (χ4v) is 4.81. The van der Waals surface area contributed by atoms with Gasteiger partial charge in [0.15, 0.2) is 6.29 Å². The number of hydrogen-bond donors (Lipinski definition) is 2. The van der Waals surface area contributed by atoms with Crippen molar-refractivity contribution in [2.75, 3.05) is 24.6 Å². The first-order valence-corrected chi connectivity index (χ1v) is 12.9. The van der Waals surface area contributed by atoms with Crippen LogP contribution in [0, 0.1) is 0 Å². The number of ether oxygens (including phenoxy) is 1. The fourth-order valence-electron chi connectivity index (χ4n) is 4.81. The minimum absolute atomic E-state index is 0.216. The van der Waals surface area contributed by atoms with Gasteiger partial charge in [0.1, 0.15) is 5.82 Å². The van der Waals surface area contributed by atoms with Crippen molar-refractivity contribution in [3.05, 3.63) is 72.1 Å². The van der Waals surface area contributed by atoms with Crippen LogP contribution in [0.3, 0.4) is 0 Å². The minimum Gasteiger partial charge on any atom is -0.465 e. The zero-order chi connectivity index (χ0) is 26.3. The van der Waals surface area contributed by atoms with E-state index in [4.69, 9.17) is 14.6 Å². The molecule has 10 heteroatoms. The standard InChI is InChI=1S/C28H31N5O5/c34-26(31-38-27-7-3-4-16-37-27)13-9-20-8-12-25(29-17-20)33(28(35)36)23-14-15-32(19-23)18-22-11-10-21-5-1-2-6-24(21)30-22/h1-2,5-6,8-13,17,23,27H,3-4,7,14-16,18-19H2,(H,31,34)(H,35,36)/b13-9+/t23-,27?/m1/s1. The van der Waals surface area contributed by atoms with Gasteiger partial charge >= 0.3 is 6.09 Å². The van der Waals surface area contributed by atoms with Gasteiger partial charge in [-0.05, 0) is 55.2 Å². The summed E-state index contributed by atoms with van der Waals surface area (Å²) in [5.41, 5.74) is 4.95. The van der Waals surface area contributed by atoms with Crippen LogP contribution in [0.4, 0.5) is 10.6 Å². The zero-order valence-corrected chi connectivity index (χ0v) is 21.0. The van der Waals surface area contributed by atoms with Crippen molar-refractivity contribution >= 4 is 34.8 Å². The Balaban J connectivity index is 1.16. The summed E-state index contributed by atoms with van der Waals surface area (Å²) in [7, 11) is 0. The normalized spacial score (nSPS) is 20.1. The van der Waals surface area contributed by atoms with Gasteiger partial charge in [0, 0.05) is 50.3 Å². The predicted molar refractivity (Wildman–Crippen MR) is 142 cm³/mol. The van der Waals surface area contributed by atoms with Crippen molar-refractivity contribution in [1.29, 1.82) is 0 Å². The van der Waals surface area contributed by atoms with E-state index in [1.54, 1.807) is 24.4 Å². The van der Waals surface area contributed by atoms with E-state index in [0.717, 1.165) is 42.4 Å². The number of fused-ring (bicyclic) bond motifs is 1. The summed E-state index contributed by atoms with van der Waals surface area (Å²) in [5.74, 6) is -0.0603. The molecular formula is C28H31N5O5. The van der Waals surface area contributed by atoms with E-state index in [1.807, 2.05) is 30.3 Å². The Hall–Kier alpha value is -3.86. The van der Waals surface area contributed by atoms with Crippen LogP contribution >= 0.6 is 0 Å². The van der Waals surface area contributed by atoms with Gasteiger partial charge in [-0.25, -0.2) is 20.1 Å². The van der Waals surface area contributed by atoms with Crippen LogP contribution < -0.4 is 10.4 Å². The molecule has 0 saturated carbocycles. The van der Waals surface area contributed by atoms with Gasteiger partial charge in [0.25, 0.3) is 5.91 Å². The molecule has 2 aliphatic rings. The molecular weight excluding hydrogens is 486 g/mol. The molecule has 198 valence electrons. The van der Waals surface area contributed by atoms with Crippen molar-refractivity contribution < 1.29 is 24.3 Å². The van der Waals surface area contributed by atoms with Crippen molar-refractivity contribution in [3.63, 3.8) is 0 Å². The molecule has 2 amide bonds. The molecule has 2 fully saturated rings. The summed E-state index contributed by atoms with van der Waals surface area (Å²) in [4.78, 5) is 42.1. The lowest BCUT2D eigenvalue weighted by atomic mass is 10.2. The first-order chi connectivity index (χ1) is 18.5. The Morgan fingerprint density at radius 3 is 2.84 bits per heavy atom. The summed E-state index contributed by atoms with van der Waals surface area (Å²) in [6.45, 7) is 2.65. The molecule has 0 bridgehead atoms. The molecule has 0 radical (unpaired) electrons. The number of carbonyl (C=O) groups excluding carboxylic acids is 1. The number of amides is 2. The maximum Gasteiger partial charge on any atom is 0.413 e. The second-order valence-corrected chi connectivity index (χ2v) is 9.49. The zero-order valence-electron chi connectivity index (χ0n) is 21.0. The van der Waals surface area contributed by atoms with E-state index in [1.165, 1.54) is 11.0 Å². The van der Waals surface area contributed by atoms with E-state index in [0.29, 0.717) is 37.5 Å². The molecule has 1 aromatic carbocycles. The molecule has 2 N–H and O–H groups in total. The van der Waals surface area contributed by atoms with Crippen LogP contribution in [-0.4, -0.2) is 64.0 Å². The molecule has 2 atom stereocenters. The number of anilines is 1. The number of para-hydroxylation sites is 1. The molecule has 0 spiro atoms. The average molecular weight is 518 g/mol. The number of benzene rings is 1. The van der Waals surface area contributed by atoms with Gasteiger partial charge in [-0.15, -0.1) is 0 Å². The van der Waals surface area contributed by atoms with E-state index in [2.05, 4.69) is 21.4 Å². The van der Waals surface area contributed by atoms with Crippen LogP contribution in [0.5, 0.6) is 0 Å². The highest BCUT2D eigenvalue weighted by atomic mass is 16.8. The molecule has 10 nitrogen and oxygen atoms in total. The molecule has 1 unspecified atom stereocenters. The number of hydroxylamine groups is 1. The Bertz CT molecular complexity index is 1290. The van der Waals surface area contributed by atoms with Gasteiger partial charge in [-0.3, -0.25) is 19.6 Å². The molecule has 4 heterocycles. The topological polar surface area (TPSA) is 117 Å². The summed E-state index contributed by atoms with van der Waals surface area (Å²) in [6.07, 6.45) is 6.46. The van der Waals surface area contributed by atoms with Crippen LogP contribution in [0.2, 0.25) is 0 Å². The molecule has 3 aromatic rings. The van der Waals surface area contributed by atoms with Gasteiger partial charge in [0.05, 0.1) is 17.3 Å². The summed E-state index contributed by atoms with van der Waals surface area (Å²) in [6, 6.07) is 15.3. The fraction of sp³-hybridized carbons (Fsp3) is 0.357. The summed E-state index contributed by atoms with van der Waals surface area (Å²) in [5, 5.41) is 11.1. The quantitative estimate of drug-likeness (QED) is 0.341. The lowest BCUT2D eigenvalue weighted by Crippen LogP contribution is -2.41. The van der Waals surface area contributed by atoms with Crippen LogP contribution in [0.15, 0.2) is 60.8 Å². The summed E-state index contributed by atoms with van der Waals surface area (Å²) >= 11 is 0. The number of hydrogen-bond acceptors (Lipinski definition) is 7. The minimum atomic E-state index is -1.04. The third-order valence-corrected chi connectivity index (χ3v) is 6.73. The van der Waals surface area contributed by atoms with E-state index in [9.17, 15) is 14.7 Å². The number of nitrogens with zero attached hydrogens (tertiary/aromatic N) is 4. The molecule has 5 rings (SSSR count). The number of aromatic nitrogens is 2. The maximum absolute atomic E-state index is 12.2. The van der Waals surface area contributed by atoms with E-state index < -0.39 is 18.3 Å². The average Bonchev–Trinajstić information content (AvgIpc) is 3.39. The van der Waals surface area contributed by atoms with E-state index >= 15 is 0 Å². The third kappa shape index (κ3) is 6.52. The van der Waals surface area contributed by atoms with Gasteiger partial charge < -0.3 is 9.84 Å². The Morgan fingerprint density at radius 1 is 1.16 bits per heavy atom. The number of carbonyl (C=O) groups is 2. The van der Waals surface area contributed by atoms with Crippen LogP contribution in [0.25, 0.3) is 17.0 Å². The lowest BCUT2D eigenvalue weighted by molar-refractivity contribution is -0.198. The molecule has 2 saturated heterocycles. The van der Waals surface area contributed by atoms with Crippen molar-refractivity contribution in [3.8, 4) is 0 Å². The second-order valence-electron chi connectivity index (χ2n) is 9.49. The SMILES string of the molecule is O=C(/C=C/c1ccc(N(C(=O)O)[C@@H]2CCN(Cc3ccc4ccccc4n3)C2)nc1)NOC1CCCCO1. The number of pyridine rings is 2. The molecule has 0 aliphatic carbocycles. The smallest absolute Gasteiger partial charge is 0.413 e. The van der Waals surface area contributed by atoms with E-state index in [-0.39, 0.29) is 6.04 Å². The predicted octanol–water partition coefficient (Wildman–Crippen LogP) is 3.98. The Morgan fingerprint density at radius 2 is 2.05 bits per heavy atom. The van der Waals surface area contributed by atoms with Crippen LogP contribution in [-0.2, 0) is 20.9 Å². The highest BCUT2D eigenvalue weighted by molar-refractivity contribution is 5.91. The number of likely N-dealkylation sites (tertiary alicyclic amines) is 1. The van der Waals surface area contributed by atoms with Gasteiger partial charge in [-0.2, -0.15) is 0 Å². The first kappa shape index (κ1) is 25.8. The highest BCUT2D eigenvalue weighted by Crippen LogP contribution is 2.24. The maximum atomic E-state index is 12.2. The highest BCUT2D eigenvalue weighted by Gasteiger charge is 2.32. The number of nitrogens with one attached hydrogen (secondary N) is 1. The largest absolute Gasteiger partial charge is 0.465 e. The monoisotopic (exact) mass is 517 g/mol. The summed E-state index contributed by atoms with van der Waals surface area (Å²) < 4.78 is 5.41. The lowest BCUT2D eigenvalue weighted by Gasteiger charge is -2.25. The van der Waals surface area contributed by atoms with Crippen molar-refractivity contribution in [1.82, 2.24) is 20.3 Å². The Kier molecular flexibility index (Phi) is 8.22. The molecule has 2 aliphatic heterocycles. The molecule has 38 heavy (non-hydrogen) atoms. The second kappa shape index (κ2) is 12.1. The number of carboxylic acid groups (broad SMARTS) is 1. The van der Waals surface area contributed by atoms with Gasteiger partial charge in [-0.1, -0.05) is 24.3 Å². The number of rotatable bonds is 8. The Labute approximate surface area is 220 Å². The van der Waals surface area contributed by atoms with Crippen LogP contribution in [0.1, 0.15) is 36.9 Å². The van der Waals surface area contributed by atoms with Crippen molar-refractivity contribution in [2.24, 2.45) is 0 Å².